The predicted octanol–water partition coefficient (Wildman–Crippen LogP) is 3.84. The summed E-state index contributed by atoms with van der Waals surface area (Å²) in [5.41, 5.74) is 0.801. The highest BCUT2D eigenvalue weighted by molar-refractivity contribution is 7.92. The van der Waals surface area contributed by atoms with Crippen LogP contribution in [0.1, 0.15) is 50.4 Å². The Morgan fingerprint density at radius 2 is 1.73 bits per heavy atom. The molecule has 2 heterocycles. The van der Waals surface area contributed by atoms with Crippen molar-refractivity contribution in [2.75, 3.05) is 31.1 Å². The summed E-state index contributed by atoms with van der Waals surface area (Å²) in [5, 5.41) is 0. The lowest BCUT2D eigenvalue weighted by molar-refractivity contribution is -0.135. The molecule has 0 aromatic heterocycles. The van der Waals surface area contributed by atoms with E-state index >= 15 is 0 Å². The fraction of sp³-hybridized carbons (Fsp3) is 0.481. The fourth-order valence-corrected chi connectivity index (χ4v) is 7.20. The second-order valence-electron chi connectivity index (χ2n) is 11.3. The number of amides is 1. The molecule has 2 aliphatic heterocycles. The number of hydrogen-bond acceptors (Lipinski definition) is 7. The number of fused-ring (bicyclic) bond motifs is 3. The van der Waals surface area contributed by atoms with E-state index in [9.17, 15) is 18.0 Å². The number of rotatable bonds is 6. The third-order valence-electron chi connectivity index (χ3n) is 7.26. The molecule has 0 radical (unpaired) electrons. The van der Waals surface area contributed by atoms with E-state index in [0.29, 0.717) is 31.3 Å². The number of esters is 1. The molecule has 1 aliphatic carbocycles. The second kappa shape index (κ2) is 9.24. The van der Waals surface area contributed by atoms with Crippen molar-refractivity contribution < 1.29 is 32.2 Å². The number of sulfonamides is 1. The maximum atomic E-state index is 12.9. The van der Waals surface area contributed by atoms with Gasteiger partial charge in [-0.3, -0.25) is 9.52 Å². The predicted molar refractivity (Wildman–Crippen MR) is 136 cm³/mol. The van der Waals surface area contributed by atoms with E-state index < -0.39 is 16.0 Å². The lowest BCUT2D eigenvalue weighted by Crippen LogP contribution is -2.39. The van der Waals surface area contributed by atoms with Crippen LogP contribution in [0.15, 0.2) is 47.4 Å². The maximum Gasteiger partial charge on any atom is 0.338 e. The van der Waals surface area contributed by atoms with Crippen LogP contribution in [0.4, 0.5) is 5.69 Å². The average Bonchev–Trinajstić information content (AvgIpc) is 3.10. The lowest BCUT2D eigenvalue weighted by atomic mass is 9.65. The van der Waals surface area contributed by atoms with Gasteiger partial charge in [0.1, 0.15) is 13.2 Å². The Balaban J connectivity index is 1.18. The Morgan fingerprint density at radius 1 is 1.03 bits per heavy atom. The van der Waals surface area contributed by atoms with Gasteiger partial charge in [0, 0.05) is 24.3 Å². The summed E-state index contributed by atoms with van der Waals surface area (Å²) in [6.45, 7) is 7.85. The quantitative estimate of drug-likeness (QED) is 0.567. The van der Waals surface area contributed by atoms with E-state index in [-0.39, 0.29) is 45.5 Å². The molecule has 2 bridgehead atoms. The third kappa shape index (κ3) is 5.39. The molecular formula is C27H32N2O7S. The van der Waals surface area contributed by atoms with Crippen molar-refractivity contribution in [1.82, 2.24) is 4.90 Å². The first-order valence-corrected chi connectivity index (χ1v) is 13.9. The smallest absolute Gasteiger partial charge is 0.338 e. The van der Waals surface area contributed by atoms with E-state index in [4.69, 9.17) is 14.2 Å². The minimum atomic E-state index is -3.88. The van der Waals surface area contributed by atoms with Crippen LogP contribution >= 0.6 is 0 Å². The fourth-order valence-electron chi connectivity index (χ4n) is 6.12. The lowest BCUT2D eigenvalue weighted by Gasteiger charge is -2.39. The molecular weight excluding hydrogens is 496 g/mol. The molecule has 1 amide bonds. The van der Waals surface area contributed by atoms with Crippen molar-refractivity contribution in [2.24, 2.45) is 10.8 Å². The molecule has 3 aliphatic rings. The number of ether oxygens (including phenoxy) is 3. The number of likely N-dealkylation sites (tertiary alicyclic amines) is 1. The molecule has 0 unspecified atom stereocenters. The number of anilines is 1. The minimum Gasteiger partial charge on any atom is -0.486 e. The molecule has 2 aromatic carbocycles. The van der Waals surface area contributed by atoms with Gasteiger partial charge in [-0.2, -0.15) is 0 Å². The van der Waals surface area contributed by atoms with Crippen molar-refractivity contribution in [3.63, 3.8) is 0 Å². The van der Waals surface area contributed by atoms with Gasteiger partial charge >= 0.3 is 5.97 Å². The summed E-state index contributed by atoms with van der Waals surface area (Å²) in [7, 11) is -3.88. The normalized spacial score (nSPS) is 23.9. The van der Waals surface area contributed by atoms with E-state index in [1.54, 1.807) is 6.07 Å². The monoisotopic (exact) mass is 528 g/mol. The number of hydrogen-bond donors (Lipinski definition) is 1. The maximum absolute atomic E-state index is 12.9. The minimum absolute atomic E-state index is 0.0300. The summed E-state index contributed by atoms with van der Waals surface area (Å²) in [6.07, 6.45) is 3.01. The molecule has 198 valence electrons. The van der Waals surface area contributed by atoms with Gasteiger partial charge < -0.3 is 19.1 Å². The first-order valence-electron chi connectivity index (χ1n) is 12.4. The van der Waals surface area contributed by atoms with Crippen LogP contribution < -0.4 is 14.2 Å². The Morgan fingerprint density at radius 3 is 2.46 bits per heavy atom. The topological polar surface area (TPSA) is 111 Å². The van der Waals surface area contributed by atoms with E-state index in [1.807, 2.05) is 4.90 Å². The molecule has 2 fully saturated rings. The molecule has 1 saturated heterocycles. The molecule has 9 nitrogen and oxygen atoms in total. The van der Waals surface area contributed by atoms with Gasteiger partial charge in [-0.1, -0.05) is 20.8 Å². The van der Waals surface area contributed by atoms with Crippen molar-refractivity contribution >= 4 is 27.6 Å². The van der Waals surface area contributed by atoms with Gasteiger partial charge in [0.2, 0.25) is 0 Å². The highest BCUT2D eigenvalue weighted by atomic mass is 32.2. The van der Waals surface area contributed by atoms with Crippen LogP contribution in [0.3, 0.4) is 0 Å². The van der Waals surface area contributed by atoms with Gasteiger partial charge in [0.25, 0.3) is 15.9 Å². The van der Waals surface area contributed by atoms with Gasteiger partial charge in [-0.05, 0) is 66.5 Å². The first kappa shape index (κ1) is 25.4. The summed E-state index contributed by atoms with van der Waals surface area (Å²) in [6, 6.07) is 10.5. The molecule has 2 atom stereocenters. The van der Waals surface area contributed by atoms with E-state index in [1.165, 1.54) is 36.4 Å². The van der Waals surface area contributed by atoms with Gasteiger partial charge in [0.05, 0.1) is 10.5 Å². The highest BCUT2D eigenvalue weighted by Gasteiger charge is 2.50. The summed E-state index contributed by atoms with van der Waals surface area (Å²) in [4.78, 5) is 27.3. The molecule has 1 saturated carbocycles. The Labute approximate surface area is 217 Å². The van der Waals surface area contributed by atoms with Crippen LogP contribution in [0.5, 0.6) is 11.5 Å². The Hall–Kier alpha value is -3.27. The van der Waals surface area contributed by atoms with E-state index in [2.05, 4.69) is 25.5 Å². The molecule has 5 rings (SSSR count). The largest absolute Gasteiger partial charge is 0.486 e. The van der Waals surface area contributed by atoms with Crippen LogP contribution in [0.2, 0.25) is 0 Å². The molecule has 37 heavy (non-hydrogen) atoms. The van der Waals surface area contributed by atoms with E-state index in [0.717, 1.165) is 19.3 Å². The Kier molecular flexibility index (Phi) is 6.34. The highest BCUT2D eigenvalue weighted by Crippen LogP contribution is 2.52. The first-order chi connectivity index (χ1) is 17.4. The number of carbonyl (C=O) groups is 2. The average molecular weight is 529 g/mol. The SMILES string of the molecule is CC1(C)C[C@@H]2C[C@](C)(CN2C(=O)COC(=O)c2ccc(NS(=O)(=O)c3ccc4c(c3)OCCO4)cc2)C1. The van der Waals surface area contributed by atoms with Crippen molar-refractivity contribution in [2.45, 2.75) is 51.0 Å². The third-order valence-corrected chi connectivity index (χ3v) is 8.64. The number of nitrogens with zero attached hydrogens (tertiary/aromatic N) is 1. The van der Waals surface area contributed by atoms with Crippen LogP contribution in [-0.4, -0.2) is 57.6 Å². The summed E-state index contributed by atoms with van der Waals surface area (Å²) in [5.74, 6) is 0.0567. The van der Waals surface area contributed by atoms with Gasteiger partial charge in [-0.25, -0.2) is 13.2 Å². The standard InChI is InChI=1S/C27H32N2O7S/c1-26(2)13-20-14-27(3,16-26)17-29(20)24(30)15-36-25(31)18-4-6-19(7-5-18)28-37(32,33)21-8-9-22-23(12-21)35-11-10-34-22/h4-9,12,20,28H,10-11,13-17H2,1-3H3/t20-,27+/m1/s1. The molecule has 1 N–H and O–H groups in total. The van der Waals surface area contributed by atoms with Crippen LogP contribution in [0, 0.1) is 10.8 Å². The molecule has 10 heteroatoms. The molecule has 0 spiro atoms. The number of carbonyl (C=O) groups excluding carboxylic acids is 2. The molecule has 2 aromatic rings. The zero-order chi connectivity index (χ0) is 26.4. The van der Waals surface area contributed by atoms with Crippen molar-refractivity contribution in [1.29, 1.82) is 0 Å². The van der Waals surface area contributed by atoms with Crippen LogP contribution in [0.25, 0.3) is 0 Å². The van der Waals surface area contributed by atoms with Crippen molar-refractivity contribution in [3.05, 3.63) is 48.0 Å². The van der Waals surface area contributed by atoms with Crippen LogP contribution in [-0.2, 0) is 19.6 Å². The second-order valence-corrected chi connectivity index (χ2v) is 13.0. The van der Waals surface area contributed by atoms with Gasteiger partial charge in [-0.15, -0.1) is 0 Å². The summed E-state index contributed by atoms with van der Waals surface area (Å²) >= 11 is 0. The zero-order valence-corrected chi connectivity index (χ0v) is 22.1. The summed E-state index contributed by atoms with van der Waals surface area (Å²) < 4.78 is 44.3. The van der Waals surface area contributed by atoms with Gasteiger partial charge in [0.15, 0.2) is 18.1 Å². The zero-order valence-electron chi connectivity index (χ0n) is 21.3. The Bertz CT molecular complexity index is 1320. The number of benzene rings is 2. The number of nitrogens with one attached hydrogen (secondary N) is 1. The van der Waals surface area contributed by atoms with Crippen molar-refractivity contribution in [3.8, 4) is 11.5 Å².